The molecule has 0 unspecified atom stereocenters. The number of hydrogen-bond acceptors (Lipinski definition) is 5. The number of hydrogen-bond donors (Lipinski definition) is 0. The SMILES string of the molecule is COc1ccccc1-c1noc(CSc2ccc(F)c(Cl)c2)n1. The normalized spacial score (nSPS) is 10.7. The van der Waals surface area contributed by atoms with Crippen LogP contribution in [0, 0.1) is 5.82 Å². The fraction of sp³-hybridized carbons (Fsp3) is 0.125. The molecule has 0 amide bonds. The summed E-state index contributed by atoms with van der Waals surface area (Å²) >= 11 is 7.20. The van der Waals surface area contributed by atoms with Crippen molar-refractivity contribution in [1.82, 2.24) is 10.1 Å². The quantitative estimate of drug-likeness (QED) is 0.617. The smallest absolute Gasteiger partial charge is 0.237 e. The number of para-hydroxylation sites is 1. The minimum atomic E-state index is -0.438. The predicted octanol–water partition coefficient (Wildman–Crippen LogP) is 4.83. The van der Waals surface area contributed by atoms with Crippen molar-refractivity contribution in [3.63, 3.8) is 0 Å². The molecule has 4 nitrogen and oxygen atoms in total. The van der Waals surface area contributed by atoms with E-state index in [4.69, 9.17) is 20.9 Å². The Morgan fingerprint density at radius 3 is 2.87 bits per heavy atom. The Bertz CT molecular complexity index is 825. The average molecular weight is 351 g/mol. The molecule has 7 heteroatoms. The van der Waals surface area contributed by atoms with Gasteiger partial charge < -0.3 is 9.26 Å². The largest absolute Gasteiger partial charge is 0.496 e. The first kappa shape index (κ1) is 15.8. The summed E-state index contributed by atoms with van der Waals surface area (Å²) in [5.41, 5.74) is 0.764. The highest BCUT2D eigenvalue weighted by Crippen LogP contribution is 2.29. The van der Waals surface area contributed by atoms with E-state index in [1.807, 2.05) is 24.3 Å². The van der Waals surface area contributed by atoms with Gasteiger partial charge in [-0.2, -0.15) is 4.98 Å². The van der Waals surface area contributed by atoms with Crippen LogP contribution < -0.4 is 4.74 Å². The van der Waals surface area contributed by atoms with Crippen molar-refractivity contribution in [1.29, 1.82) is 0 Å². The zero-order chi connectivity index (χ0) is 16.2. The maximum atomic E-state index is 13.1. The van der Waals surface area contributed by atoms with Crippen molar-refractivity contribution in [3.8, 4) is 17.1 Å². The molecule has 0 N–H and O–H groups in total. The lowest BCUT2D eigenvalue weighted by Crippen LogP contribution is -1.89. The number of benzene rings is 2. The molecule has 0 saturated heterocycles. The number of aromatic nitrogens is 2. The first-order valence-corrected chi connectivity index (χ1v) is 8.07. The second-order valence-corrected chi connectivity index (χ2v) is 6.03. The molecule has 2 aromatic carbocycles. The summed E-state index contributed by atoms with van der Waals surface area (Å²) in [5, 5.41) is 4.07. The summed E-state index contributed by atoms with van der Waals surface area (Å²) in [4.78, 5) is 5.19. The Morgan fingerprint density at radius 2 is 2.09 bits per heavy atom. The average Bonchev–Trinajstić information content (AvgIpc) is 3.04. The zero-order valence-electron chi connectivity index (χ0n) is 12.1. The van der Waals surface area contributed by atoms with E-state index in [0.717, 1.165) is 10.5 Å². The van der Waals surface area contributed by atoms with Gasteiger partial charge in [-0.05, 0) is 30.3 Å². The Morgan fingerprint density at radius 1 is 1.26 bits per heavy atom. The van der Waals surface area contributed by atoms with Crippen LogP contribution in [0.4, 0.5) is 4.39 Å². The number of halogens is 2. The first-order valence-electron chi connectivity index (χ1n) is 6.71. The molecule has 0 spiro atoms. The summed E-state index contributed by atoms with van der Waals surface area (Å²) in [7, 11) is 1.59. The monoisotopic (exact) mass is 350 g/mol. The van der Waals surface area contributed by atoms with Gasteiger partial charge in [0, 0.05) is 4.90 Å². The van der Waals surface area contributed by atoms with Crippen LogP contribution in [0.2, 0.25) is 5.02 Å². The van der Waals surface area contributed by atoms with Gasteiger partial charge in [-0.1, -0.05) is 28.9 Å². The maximum Gasteiger partial charge on any atom is 0.237 e. The van der Waals surface area contributed by atoms with Gasteiger partial charge in [0.1, 0.15) is 11.6 Å². The first-order chi connectivity index (χ1) is 11.2. The second kappa shape index (κ2) is 7.02. The summed E-state index contributed by atoms with van der Waals surface area (Å²) in [6.45, 7) is 0. The summed E-state index contributed by atoms with van der Waals surface area (Å²) < 4.78 is 23.7. The van der Waals surface area contributed by atoms with E-state index in [1.54, 1.807) is 19.2 Å². The highest BCUT2D eigenvalue weighted by Gasteiger charge is 2.13. The topological polar surface area (TPSA) is 48.2 Å². The summed E-state index contributed by atoms with van der Waals surface area (Å²) in [6.07, 6.45) is 0. The number of thioether (sulfide) groups is 1. The van der Waals surface area contributed by atoms with Crippen molar-refractivity contribution >= 4 is 23.4 Å². The van der Waals surface area contributed by atoms with Crippen LogP contribution in [0.1, 0.15) is 5.89 Å². The fourth-order valence-corrected chi connectivity index (χ4v) is 2.98. The van der Waals surface area contributed by atoms with E-state index >= 15 is 0 Å². The van der Waals surface area contributed by atoms with E-state index < -0.39 is 5.82 Å². The summed E-state index contributed by atoms with van der Waals surface area (Å²) in [6, 6.07) is 12.0. The van der Waals surface area contributed by atoms with E-state index in [0.29, 0.717) is 23.2 Å². The van der Waals surface area contributed by atoms with Crippen molar-refractivity contribution in [2.45, 2.75) is 10.6 Å². The molecule has 0 fully saturated rings. The van der Waals surface area contributed by atoms with Crippen LogP contribution in [0.15, 0.2) is 51.9 Å². The molecule has 23 heavy (non-hydrogen) atoms. The third-order valence-corrected chi connectivity index (χ3v) is 4.34. The van der Waals surface area contributed by atoms with Crippen LogP contribution in [0.5, 0.6) is 5.75 Å². The molecule has 0 saturated carbocycles. The number of rotatable bonds is 5. The molecule has 0 radical (unpaired) electrons. The van der Waals surface area contributed by atoms with Crippen molar-refractivity contribution < 1.29 is 13.7 Å². The molecular weight excluding hydrogens is 339 g/mol. The van der Waals surface area contributed by atoms with Gasteiger partial charge in [-0.25, -0.2) is 4.39 Å². The third-order valence-electron chi connectivity index (χ3n) is 3.07. The molecule has 3 rings (SSSR count). The lowest BCUT2D eigenvalue weighted by molar-refractivity contribution is 0.390. The van der Waals surface area contributed by atoms with E-state index in [2.05, 4.69) is 10.1 Å². The molecule has 1 heterocycles. The highest BCUT2D eigenvalue weighted by molar-refractivity contribution is 7.98. The molecule has 1 aromatic heterocycles. The fourth-order valence-electron chi connectivity index (χ4n) is 1.96. The van der Waals surface area contributed by atoms with E-state index in [1.165, 1.54) is 17.8 Å². The summed E-state index contributed by atoms with van der Waals surface area (Å²) in [5.74, 6) is 1.64. The maximum absolute atomic E-state index is 13.1. The Kier molecular flexibility index (Phi) is 4.83. The van der Waals surface area contributed by atoms with Gasteiger partial charge in [0.25, 0.3) is 0 Å². The molecule has 0 aliphatic carbocycles. The molecule has 0 aliphatic rings. The Balaban J connectivity index is 1.73. The third kappa shape index (κ3) is 3.65. The van der Waals surface area contributed by atoms with Crippen molar-refractivity contribution in [3.05, 3.63) is 59.2 Å². The van der Waals surface area contributed by atoms with Gasteiger partial charge >= 0.3 is 0 Å². The van der Waals surface area contributed by atoms with Gasteiger partial charge in [0.2, 0.25) is 11.7 Å². The Hall–Kier alpha value is -2.05. The zero-order valence-corrected chi connectivity index (χ0v) is 13.7. The standard InChI is InChI=1S/C16H12ClFN2O2S/c1-21-14-5-3-2-4-11(14)16-19-15(22-20-16)9-23-10-6-7-13(18)12(17)8-10/h2-8H,9H2,1H3. The molecule has 0 atom stereocenters. The van der Waals surface area contributed by atoms with Crippen LogP contribution in [0.25, 0.3) is 11.4 Å². The number of nitrogens with zero attached hydrogens (tertiary/aromatic N) is 2. The van der Waals surface area contributed by atoms with E-state index in [-0.39, 0.29) is 5.02 Å². The minimum Gasteiger partial charge on any atom is -0.496 e. The van der Waals surface area contributed by atoms with Gasteiger partial charge in [-0.15, -0.1) is 11.8 Å². The molecule has 118 valence electrons. The van der Waals surface area contributed by atoms with Gasteiger partial charge in [-0.3, -0.25) is 0 Å². The van der Waals surface area contributed by atoms with Crippen molar-refractivity contribution in [2.75, 3.05) is 7.11 Å². The molecule has 0 aliphatic heterocycles. The second-order valence-electron chi connectivity index (χ2n) is 4.58. The number of ether oxygens (including phenoxy) is 1. The van der Waals surface area contributed by atoms with E-state index in [9.17, 15) is 4.39 Å². The van der Waals surface area contributed by atoms with Crippen LogP contribution in [-0.4, -0.2) is 17.3 Å². The van der Waals surface area contributed by atoms with Crippen LogP contribution in [0.3, 0.4) is 0 Å². The molecule has 3 aromatic rings. The van der Waals surface area contributed by atoms with Crippen LogP contribution in [-0.2, 0) is 5.75 Å². The number of methoxy groups -OCH3 is 1. The predicted molar refractivity (Wildman–Crippen MR) is 87.3 cm³/mol. The lowest BCUT2D eigenvalue weighted by Gasteiger charge is -2.03. The van der Waals surface area contributed by atoms with Gasteiger partial charge in [0.05, 0.1) is 23.4 Å². The lowest BCUT2D eigenvalue weighted by atomic mass is 10.2. The highest BCUT2D eigenvalue weighted by atomic mass is 35.5. The molecule has 0 bridgehead atoms. The Labute approximate surface area is 141 Å². The van der Waals surface area contributed by atoms with Crippen LogP contribution >= 0.6 is 23.4 Å². The van der Waals surface area contributed by atoms with Crippen molar-refractivity contribution in [2.24, 2.45) is 0 Å². The van der Waals surface area contributed by atoms with Gasteiger partial charge in [0.15, 0.2) is 0 Å². The minimum absolute atomic E-state index is 0.0928. The molecular formula is C16H12ClFN2O2S.